The number of hydrogen-bond donors (Lipinski definition) is 1. The molecule has 0 fully saturated rings. The summed E-state index contributed by atoms with van der Waals surface area (Å²) < 4.78 is 13.8. The van der Waals surface area contributed by atoms with E-state index in [4.69, 9.17) is 0 Å². The van der Waals surface area contributed by atoms with Gasteiger partial charge in [-0.05, 0) is 24.6 Å². The van der Waals surface area contributed by atoms with Crippen molar-refractivity contribution in [3.63, 3.8) is 0 Å². The Hall–Kier alpha value is -2.42. The molecule has 1 heterocycles. The molecule has 3 heteroatoms. The van der Waals surface area contributed by atoms with Gasteiger partial charge in [0.1, 0.15) is 5.82 Å². The summed E-state index contributed by atoms with van der Waals surface area (Å²) in [6, 6.07) is 12.5. The summed E-state index contributed by atoms with van der Waals surface area (Å²) in [5, 5.41) is 0.617. The highest BCUT2D eigenvalue weighted by atomic mass is 19.1. The maximum Gasteiger partial charge on any atom is 0.152 e. The molecule has 94 valence electrons. The molecule has 0 saturated heterocycles. The number of aromatic nitrogens is 1. The summed E-state index contributed by atoms with van der Waals surface area (Å²) in [6.45, 7) is 1.98. The number of H-pyrrole nitrogens is 1. The summed E-state index contributed by atoms with van der Waals surface area (Å²) in [6.07, 6.45) is 0.774. The Morgan fingerprint density at radius 3 is 2.68 bits per heavy atom. The maximum absolute atomic E-state index is 13.8. The lowest BCUT2D eigenvalue weighted by Crippen LogP contribution is -1.85. The van der Waals surface area contributed by atoms with Crippen LogP contribution in [-0.2, 0) is 0 Å². The molecule has 0 radical (unpaired) electrons. The molecule has 0 unspecified atom stereocenters. The van der Waals surface area contributed by atoms with Crippen LogP contribution in [0.25, 0.3) is 22.2 Å². The van der Waals surface area contributed by atoms with Crippen LogP contribution in [0.2, 0.25) is 0 Å². The molecule has 0 atom stereocenters. The Labute approximate surface area is 109 Å². The van der Waals surface area contributed by atoms with E-state index in [1.54, 1.807) is 12.1 Å². The van der Waals surface area contributed by atoms with Gasteiger partial charge in [0.05, 0.1) is 11.2 Å². The molecule has 2 nitrogen and oxygen atoms in total. The Balaban J connectivity index is 2.35. The van der Waals surface area contributed by atoms with Crippen molar-refractivity contribution < 1.29 is 9.18 Å². The number of aromatic amines is 1. The van der Waals surface area contributed by atoms with Gasteiger partial charge >= 0.3 is 0 Å². The van der Waals surface area contributed by atoms with E-state index in [2.05, 4.69) is 4.98 Å². The van der Waals surface area contributed by atoms with Crippen molar-refractivity contribution in [3.05, 3.63) is 59.4 Å². The average Bonchev–Trinajstić information content (AvgIpc) is 2.79. The van der Waals surface area contributed by atoms with E-state index >= 15 is 0 Å². The first-order chi connectivity index (χ1) is 9.20. The SMILES string of the molecule is Cc1cccc(-c2[nH]c3c(F)cccc3c2C=O)c1. The highest BCUT2D eigenvalue weighted by molar-refractivity contribution is 6.04. The van der Waals surface area contributed by atoms with Gasteiger partial charge in [-0.3, -0.25) is 4.79 Å². The highest BCUT2D eigenvalue weighted by Crippen LogP contribution is 2.30. The molecule has 0 saturated carbocycles. The molecule has 3 aromatic rings. The monoisotopic (exact) mass is 253 g/mol. The van der Waals surface area contributed by atoms with Crippen LogP contribution < -0.4 is 0 Å². The molecule has 0 amide bonds. The number of fused-ring (bicyclic) bond motifs is 1. The minimum atomic E-state index is -0.348. The predicted octanol–water partition coefficient (Wildman–Crippen LogP) is 4.09. The fourth-order valence-corrected chi connectivity index (χ4v) is 2.35. The molecule has 0 spiro atoms. The lowest BCUT2D eigenvalue weighted by Gasteiger charge is -2.01. The lowest BCUT2D eigenvalue weighted by atomic mass is 10.0. The van der Waals surface area contributed by atoms with Crippen LogP contribution in [0.1, 0.15) is 15.9 Å². The second-order valence-corrected chi connectivity index (χ2v) is 4.56. The molecule has 0 aliphatic carbocycles. The normalized spacial score (nSPS) is 10.8. The van der Waals surface area contributed by atoms with Gasteiger partial charge < -0.3 is 4.98 Å². The third kappa shape index (κ3) is 1.83. The number of halogens is 1. The number of nitrogens with one attached hydrogen (secondary N) is 1. The van der Waals surface area contributed by atoms with Crippen molar-refractivity contribution in [3.8, 4) is 11.3 Å². The van der Waals surface area contributed by atoms with E-state index in [9.17, 15) is 9.18 Å². The number of aldehydes is 1. The van der Waals surface area contributed by atoms with Crippen LogP contribution >= 0.6 is 0 Å². The zero-order valence-electron chi connectivity index (χ0n) is 10.4. The number of hydrogen-bond acceptors (Lipinski definition) is 1. The van der Waals surface area contributed by atoms with Crippen LogP contribution in [0, 0.1) is 12.7 Å². The molecule has 19 heavy (non-hydrogen) atoms. The second-order valence-electron chi connectivity index (χ2n) is 4.56. The quantitative estimate of drug-likeness (QED) is 0.685. The van der Waals surface area contributed by atoms with Crippen LogP contribution in [-0.4, -0.2) is 11.3 Å². The van der Waals surface area contributed by atoms with E-state index in [-0.39, 0.29) is 5.82 Å². The van der Waals surface area contributed by atoms with Crippen LogP contribution in [0.5, 0.6) is 0 Å². The zero-order valence-corrected chi connectivity index (χ0v) is 10.4. The molecule has 0 bridgehead atoms. The fourth-order valence-electron chi connectivity index (χ4n) is 2.35. The summed E-state index contributed by atoms with van der Waals surface area (Å²) in [4.78, 5) is 14.4. The van der Waals surface area contributed by atoms with Gasteiger partial charge in [0.15, 0.2) is 6.29 Å². The van der Waals surface area contributed by atoms with E-state index in [0.717, 1.165) is 17.4 Å². The zero-order chi connectivity index (χ0) is 13.4. The number of aryl methyl sites for hydroxylation is 1. The van der Waals surface area contributed by atoms with Crippen molar-refractivity contribution in [2.24, 2.45) is 0 Å². The summed E-state index contributed by atoms with van der Waals surface area (Å²) in [5.41, 5.74) is 3.52. The van der Waals surface area contributed by atoms with Crippen molar-refractivity contribution >= 4 is 17.2 Å². The molecule has 3 rings (SSSR count). The summed E-state index contributed by atoms with van der Waals surface area (Å²) in [7, 11) is 0. The third-order valence-electron chi connectivity index (χ3n) is 3.25. The smallest absolute Gasteiger partial charge is 0.152 e. The van der Waals surface area contributed by atoms with Gasteiger partial charge in [-0.1, -0.05) is 35.9 Å². The molecular weight excluding hydrogens is 241 g/mol. The van der Waals surface area contributed by atoms with Crippen LogP contribution in [0.3, 0.4) is 0 Å². The molecule has 0 aliphatic heterocycles. The van der Waals surface area contributed by atoms with Gasteiger partial charge in [-0.15, -0.1) is 0 Å². The van der Waals surface area contributed by atoms with Crippen LogP contribution in [0.15, 0.2) is 42.5 Å². The summed E-state index contributed by atoms with van der Waals surface area (Å²) in [5.74, 6) is -0.348. The highest BCUT2D eigenvalue weighted by Gasteiger charge is 2.14. The Bertz CT molecular complexity index is 774. The van der Waals surface area contributed by atoms with Crippen molar-refractivity contribution in [1.29, 1.82) is 0 Å². The molecule has 1 N–H and O–H groups in total. The van der Waals surface area contributed by atoms with Gasteiger partial charge in [-0.2, -0.15) is 0 Å². The first kappa shape index (κ1) is 11.7. The molecule has 2 aromatic carbocycles. The van der Waals surface area contributed by atoms with E-state index in [0.29, 0.717) is 22.2 Å². The molecular formula is C16H12FNO. The minimum absolute atomic E-state index is 0.348. The lowest BCUT2D eigenvalue weighted by molar-refractivity contribution is 0.112. The largest absolute Gasteiger partial charge is 0.352 e. The summed E-state index contributed by atoms with van der Waals surface area (Å²) >= 11 is 0. The van der Waals surface area contributed by atoms with Crippen molar-refractivity contribution in [2.75, 3.05) is 0 Å². The van der Waals surface area contributed by atoms with Gasteiger partial charge in [0, 0.05) is 10.9 Å². The minimum Gasteiger partial charge on any atom is -0.352 e. The number of carbonyl (C=O) groups is 1. The molecule has 0 aliphatic rings. The predicted molar refractivity (Wildman–Crippen MR) is 73.8 cm³/mol. The van der Waals surface area contributed by atoms with Crippen LogP contribution in [0.4, 0.5) is 4.39 Å². The second kappa shape index (κ2) is 4.35. The topological polar surface area (TPSA) is 32.9 Å². The number of benzene rings is 2. The van der Waals surface area contributed by atoms with Crippen molar-refractivity contribution in [2.45, 2.75) is 6.92 Å². The number of carbonyl (C=O) groups excluding carboxylic acids is 1. The first-order valence-corrected chi connectivity index (χ1v) is 6.03. The van der Waals surface area contributed by atoms with Crippen molar-refractivity contribution in [1.82, 2.24) is 4.98 Å². The number of rotatable bonds is 2. The fraction of sp³-hybridized carbons (Fsp3) is 0.0625. The maximum atomic E-state index is 13.8. The third-order valence-corrected chi connectivity index (χ3v) is 3.25. The molecule has 1 aromatic heterocycles. The Morgan fingerprint density at radius 2 is 1.95 bits per heavy atom. The number of para-hydroxylation sites is 1. The van der Waals surface area contributed by atoms with E-state index in [1.165, 1.54) is 6.07 Å². The average molecular weight is 253 g/mol. The Morgan fingerprint density at radius 1 is 1.16 bits per heavy atom. The Kier molecular flexibility index (Phi) is 2.67. The standard InChI is InChI=1S/C16H12FNO/c1-10-4-2-5-11(8-10)15-13(9-19)12-6-3-7-14(17)16(12)18-15/h2-9,18H,1H3. The van der Waals surface area contributed by atoms with E-state index in [1.807, 2.05) is 31.2 Å². The first-order valence-electron chi connectivity index (χ1n) is 6.03. The van der Waals surface area contributed by atoms with E-state index < -0.39 is 0 Å². The van der Waals surface area contributed by atoms with Gasteiger partial charge in [0.25, 0.3) is 0 Å². The van der Waals surface area contributed by atoms with Gasteiger partial charge in [-0.25, -0.2) is 4.39 Å². The van der Waals surface area contributed by atoms with Gasteiger partial charge in [0.2, 0.25) is 0 Å².